The summed E-state index contributed by atoms with van der Waals surface area (Å²) in [5.41, 5.74) is 0. The van der Waals surface area contributed by atoms with Crippen molar-refractivity contribution in [2.45, 2.75) is 39.2 Å². The van der Waals surface area contributed by atoms with Crippen molar-refractivity contribution in [3.8, 4) is 0 Å². The predicted octanol–water partition coefficient (Wildman–Crippen LogP) is 0.723. The number of imide groups is 1. The standard InChI is InChI=1S/C11H17NO4/c1-7(2)6-8(11(15)16-3)12-9(13)4-5-10(12)14/h7-8H,4-6H2,1-3H3/t8-/m0/s1. The van der Waals surface area contributed by atoms with Crippen molar-refractivity contribution < 1.29 is 19.1 Å². The zero-order valence-corrected chi connectivity index (χ0v) is 9.86. The molecule has 0 saturated carbocycles. The van der Waals surface area contributed by atoms with Gasteiger partial charge in [0.25, 0.3) is 0 Å². The molecular formula is C11H17NO4. The van der Waals surface area contributed by atoms with Gasteiger partial charge >= 0.3 is 5.97 Å². The molecule has 0 aromatic carbocycles. The van der Waals surface area contributed by atoms with Gasteiger partial charge in [-0.05, 0) is 12.3 Å². The van der Waals surface area contributed by atoms with Crippen LogP contribution in [0.15, 0.2) is 0 Å². The van der Waals surface area contributed by atoms with Crippen molar-refractivity contribution in [1.29, 1.82) is 0 Å². The van der Waals surface area contributed by atoms with Gasteiger partial charge in [-0.1, -0.05) is 13.8 Å². The molecule has 1 atom stereocenters. The Labute approximate surface area is 94.7 Å². The van der Waals surface area contributed by atoms with E-state index in [1.54, 1.807) is 0 Å². The monoisotopic (exact) mass is 227 g/mol. The van der Waals surface area contributed by atoms with Crippen molar-refractivity contribution in [3.63, 3.8) is 0 Å². The largest absolute Gasteiger partial charge is 0.467 e. The second-order valence-electron chi connectivity index (χ2n) is 4.33. The smallest absolute Gasteiger partial charge is 0.329 e. The predicted molar refractivity (Wildman–Crippen MR) is 56.3 cm³/mol. The fourth-order valence-electron chi connectivity index (χ4n) is 1.83. The van der Waals surface area contributed by atoms with Gasteiger partial charge in [0, 0.05) is 12.8 Å². The number of likely N-dealkylation sites (tertiary alicyclic amines) is 1. The fraction of sp³-hybridized carbons (Fsp3) is 0.727. The molecule has 90 valence electrons. The lowest BCUT2D eigenvalue weighted by molar-refractivity contribution is -0.157. The maximum atomic E-state index is 11.6. The molecular weight excluding hydrogens is 210 g/mol. The molecule has 1 rings (SSSR count). The van der Waals surface area contributed by atoms with Crippen molar-refractivity contribution in [2.24, 2.45) is 5.92 Å². The van der Waals surface area contributed by atoms with Crippen molar-refractivity contribution >= 4 is 17.8 Å². The van der Waals surface area contributed by atoms with E-state index in [9.17, 15) is 14.4 Å². The number of esters is 1. The number of hydrogen-bond donors (Lipinski definition) is 0. The Morgan fingerprint density at radius 1 is 1.31 bits per heavy atom. The molecule has 0 N–H and O–H groups in total. The van der Waals surface area contributed by atoms with Crippen molar-refractivity contribution in [1.82, 2.24) is 4.90 Å². The number of carbonyl (C=O) groups is 3. The molecule has 0 aromatic heterocycles. The highest BCUT2D eigenvalue weighted by molar-refractivity contribution is 6.05. The van der Waals surface area contributed by atoms with Gasteiger partial charge in [0.2, 0.25) is 11.8 Å². The van der Waals surface area contributed by atoms with Gasteiger partial charge < -0.3 is 4.74 Å². The van der Waals surface area contributed by atoms with E-state index < -0.39 is 12.0 Å². The van der Waals surface area contributed by atoms with E-state index in [0.717, 1.165) is 4.90 Å². The van der Waals surface area contributed by atoms with Gasteiger partial charge in [0.1, 0.15) is 6.04 Å². The second-order valence-corrected chi connectivity index (χ2v) is 4.33. The lowest BCUT2D eigenvalue weighted by Crippen LogP contribution is -2.45. The Kier molecular flexibility index (Phi) is 4.04. The van der Waals surface area contributed by atoms with E-state index in [1.807, 2.05) is 13.8 Å². The summed E-state index contributed by atoms with van der Waals surface area (Å²) in [4.78, 5) is 35.7. The molecule has 1 saturated heterocycles. The molecule has 0 aliphatic carbocycles. The first-order valence-electron chi connectivity index (χ1n) is 5.40. The zero-order chi connectivity index (χ0) is 12.3. The Bertz CT molecular complexity index is 295. The molecule has 1 aliphatic rings. The topological polar surface area (TPSA) is 63.7 Å². The van der Waals surface area contributed by atoms with Crippen molar-refractivity contribution in [2.75, 3.05) is 7.11 Å². The number of hydrogen-bond acceptors (Lipinski definition) is 4. The van der Waals surface area contributed by atoms with Gasteiger partial charge in [0.05, 0.1) is 7.11 Å². The van der Waals surface area contributed by atoms with Gasteiger partial charge in [-0.25, -0.2) is 4.79 Å². The molecule has 5 heteroatoms. The molecule has 1 fully saturated rings. The van der Waals surface area contributed by atoms with E-state index in [2.05, 4.69) is 4.74 Å². The summed E-state index contributed by atoms with van der Waals surface area (Å²) in [6, 6.07) is -0.757. The van der Waals surface area contributed by atoms with E-state index in [0.29, 0.717) is 6.42 Å². The normalized spacial score (nSPS) is 18.1. The fourth-order valence-corrected chi connectivity index (χ4v) is 1.83. The summed E-state index contributed by atoms with van der Waals surface area (Å²) < 4.78 is 4.64. The van der Waals surface area contributed by atoms with Crippen LogP contribution in [0.25, 0.3) is 0 Å². The van der Waals surface area contributed by atoms with Crippen LogP contribution >= 0.6 is 0 Å². The molecule has 0 spiro atoms. The average molecular weight is 227 g/mol. The number of amides is 2. The molecule has 0 bridgehead atoms. The van der Waals surface area contributed by atoms with Crippen LogP contribution in [0, 0.1) is 5.92 Å². The van der Waals surface area contributed by atoms with Crippen molar-refractivity contribution in [3.05, 3.63) is 0 Å². The summed E-state index contributed by atoms with van der Waals surface area (Å²) >= 11 is 0. The molecule has 1 aliphatic heterocycles. The first-order valence-corrected chi connectivity index (χ1v) is 5.40. The number of carbonyl (C=O) groups excluding carboxylic acids is 3. The lowest BCUT2D eigenvalue weighted by Gasteiger charge is -2.25. The average Bonchev–Trinajstić information content (AvgIpc) is 2.54. The molecule has 16 heavy (non-hydrogen) atoms. The lowest BCUT2D eigenvalue weighted by atomic mass is 10.0. The minimum Gasteiger partial charge on any atom is -0.467 e. The van der Waals surface area contributed by atoms with Gasteiger partial charge in [-0.3, -0.25) is 14.5 Å². The summed E-state index contributed by atoms with van der Waals surface area (Å²) in [6.45, 7) is 3.86. The van der Waals surface area contributed by atoms with Crippen LogP contribution in [-0.4, -0.2) is 35.8 Å². The molecule has 5 nitrogen and oxygen atoms in total. The summed E-state index contributed by atoms with van der Waals surface area (Å²) in [5.74, 6) is -0.857. The van der Waals surface area contributed by atoms with E-state index >= 15 is 0 Å². The minimum absolute atomic E-state index is 0.199. The van der Waals surface area contributed by atoms with Crippen LogP contribution in [0.1, 0.15) is 33.1 Å². The maximum Gasteiger partial charge on any atom is 0.329 e. The maximum absolute atomic E-state index is 11.6. The first-order chi connectivity index (χ1) is 7.47. The number of methoxy groups -OCH3 is 1. The summed E-state index contributed by atoms with van der Waals surface area (Å²) in [5, 5.41) is 0. The molecule has 0 radical (unpaired) electrons. The van der Waals surface area contributed by atoms with Gasteiger partial charge in [-0.2, -0.15) is 0 Å². The third-order valence-electron chi connectivity index (χ3n) is 2.57. The Balaban J connectivity index is 2.86. The molecule has 1 heterocycles. The summed E-state index contributed by atoms with van der Waals surface area (Å²) in [7, 11) is 1.26. The Morgan fingerprint density at radius 3 is 2.19 bits per heavy atom. The second kappa shape index (κ2) is 5.09. The van der Waals surface area contributed by atoms with Gasteiger partial charge in [-0.15, -0.1) is 0 Å². The number of nitrogens with zero attached hydrogens (tertiary/aromatic N) is 1. The number of ether oxygens (including phenoxy) is 1. The third kappa shape index (κ3) is 2.59. The Morgan fingerprint density at radius 2 is 1.81 bits per heavy atom. The SMILES string of the molecule is COC(=O)[C@H](CC(C)C)N1C(=O)CCC1=O. The number of rotatable bonds is 4. The van der Waals surface area contributed by atoms with E-state index in [-0.39, 0.29) is 30.6 Å². The van der Waals surface area contributed by atoms with Crippen LogP contribution in [0.2, 0.25) is 0 Å². The first kappa shape index (κ1) is 12.7. The highest BCUT2D eigenvalue weighted by Gasteiger charge is 2.39. The van der Waals surface area contributed by atoms with E-state index in [4.69, 9.17) is 0 Å². The minimum atomic E-state index is -0.757. The molecule has 0 aromatic rings. The molecule has 0 unspecified atom stereocenters. The van der Waals surface area contributed by atoms with Crippen LogP contribution in [0.4, 0.5) is 0 Å². The highest BCUT2D eigenvalue weighted by atomic mass is 16.5. The van der Waals surface area contributed by atoms with Crippen LogP contribution in [0.5, 0.6) is 0 Å². The highest BCUT2D eigenvalue weighted by Crippen LogP contribution is 2.21. The molecule has 2 amide bonds. The zero-order valence-electron chi connectivity index (χ0n) is 9.86. The van der Waals surface area contributed by atoms with Crippen LogP contribution in [0.3, 0.4) is 0 Å². The Hall–Kier alpha value is -1.39. The van der Waals surface area contributed by atoms with Crippen LogP contribution in [-0.2, 0) is 19.1 Å². The van der Waals surface area contributed by atoms with Crippen LogP contribution < -0.4 is 0 Å². The van der Waals surface area contributed by atoms with E-state index in [1.165, 1.54) is 7.11 Å². The quantitative estimate of drug-likeness (QED) is 0.524. The third-order valence-corrected chi connectivity index (χ3v) is 2.57. The summed E-state index contributed by atoms with van der Waals surface area (Å²) in [6.07, 6.45) is 0.846. The van der Waals surface area contributed by atoms with Gasteiger partial charge in [0.15, 0.2) is 0 Å².